The van der Waals surface area contributed by atoms with Gasteiger partial charge in [0.1, 0.15) is 0 Å². The maximum Gasteiger partial charge on any atom is 0.216 e. The quantitative estimate of drug-likeness (QED) is 0.678. The van der Waals surface area contributed by atoms with Crippen LogP contribution in [0.4, 0.5) is 0 Å². The second-order valence-electron chi connectivity index (χ2n) is 3.22. The molecule has 4 nitrogen and oxygen atoms in total. The predicted octanol–water partition coefficient (Wildman–Crippen LogP) is 0.428. The minimum absolute atomic E-state index is 0.0380. The zero-order valence-electron chi connectivity index (χ0n) is 8.86. The summed E-state index contributed by atoms with van der Waals surface area (Å²) in [7, 11) is -3.36. The van der Waals surface area contributed by atoms with Crippen LogP contribution in [-0.4, -0.2) is 43.4 Å². The number of rotatable bonds is 7. The standard InChI is InChI=1S/C8H19NO3S2/c1-4-8(6-13-3)9-14(11,12)7(2)5-10/h7-10H,4-6H2,1-3H3. The van der Waals surface area contributed by atoms with Gasteiger partial charge in [0.2, 0.25) is 10.0 Å². The van der Waals surface area contributed by atoms with E-state index in [4.69, 9.17) is 5.11 Å². The third-order valence-corrected chi connectivity index (χ3v) is 4.58. The minimum Gasteiger partial charge on any atom is -0.395 e. The molecule has 0 radical (unpaired) electrons. The van der Waals surface area contributed by atoms with Crippen molar-refractivity contribution >= 4 is 21.8 Å². The SMILES string of the molecule is CCC(CSC)NS(=O)(=O)C(C)CO. The molecule has 0 aliphatic heterocycles. The number of aliphatic hydroxyl groups is 1. The Hall–Kier alpha value is 0.220. The monoisotopic (exact) mass is 241 g/mol. The summed E-state index contributed by atoms with van der Waals surface area (Å²) >= 11 is 1.60. The van der Waals surface area contributed by atoms with Crippen LogP contribution in [-0.2, 0) is 10.0 Å². The zero-order chi connectivity index (χ0) is 11.2. The molecule has 2 atom stereocenters. The highest BCUT2D eigenvalue weighted by Gasteiger charge is 2.22. The third-order valence-electron chi connectivity index (χ3n) is 1.98. The summed E-state index contributed by atoms with van der Waals surface area (Å²) in [6, 6.07) is -0.0380. The zero-order valence-corrected chi connectivity index (χ0v) is 10.5. The second-order valence-corrected chi connectivity index (χ2v) is 6.26. The third kappa shape index (κ3) is 4.63. The van der Waals surface area contributed by atoms with Crippen LogP contribution in [0.5, 0.6) is 0 Å². The fourth-order valence-corrected chi connectivity index (χ4v) is 2.85. The Labute approximate surface area is 90.5 Å². The average Bonchev–Trinajstić information content (AvgIpc) is 2.15. The first-order valence-corrected chi connectivity index (χ1v) is 7.52. The van der Waals surface area contributed by atoms with E-state index in [2.05, 4.69) is 4.72 Å². The van der Waals surface area contributed by atoms with Crippen molar-refractivity contribution in [1.29, 1.82) is 0 Å². The largest absolute Gasteiger partial charge is 0.395 e. The molecule has 0 aliphatic carbocycles. The van der Waals surface area contributed by atoms with Crippen LogP contribution in [0.2, 0.25) is 0 Å². The Balaban J connectivity index is 4.32. The molecule has 2 unspecified atom stereocenters. The van der Waals surface area contributed by atoms with E-state index in [9.17, 15) is 8.42 Å². The molecule has 0 aromatic heterocycles. The van der Waals surface area contributed by atoms with E-state index in [1.165, 1.54) is 6.92 Å². The Morgan fingerprint density at radius 3 is 2.43 bits per heavy atom. The second kappa shape index (κ2) is 6.66. The van der Waals surface area contributed by atoms with Gasteiger partial charge in [0.25, 0.3) is 0 Å². The van der Waals surface area contributed by atoms with Gasteiger partial charge >= 0.3 is 0 Å². The summed E-state index contributed by atoms with van der Waals surface area (Å²) in [4.78, 5) is 0. The summed E-state index contributed by atoms with van der Waals surface area (Å²) in [5, 5.41) is 8.02. The first kappa shape index (κ1) is 14.2. The molecule has 86 valence electrons. The van der Waals surface area contributed by atoms with Crippen LogP contribution in [0.25, 0.3) is 0 Å². The summed E-state index contributed by atoms with van der Waals surface area (Å²) < 4.78 is 25.6. The van der Waals surface area contributed by atoms with E-state index in [1.54, 1.807) is 11.8 Å². The first-order chi connectivity index (χ1) is 6.47. The van der Waals surface area contributed by atoms with Crippen molar-refractivity contribution in [3.8, 4) is 0 Å². The molecule has 6 heteroatoms. The van der Waals surface area contributed by atoms with Crippen molar-refractivity contribution in [2.75, 3.05) is 18.6 Å². The molecular formula is C8H19NO3S2. The van der Waals surface area contributed by atoms with Crippen LogP contribution in [0.3, 0.4) is 0 Å². The number of nitrogens with one attached hydrogen (secondary N) is 1. The molecule has 0 aromatic rings. The van der Waals surface area contributed by atoms with Gasteiger partial charge in [-0.3, -0.25) is 0 Å². The Morgan fingerprint density at radius 2 is 2.07 bits per heavy atom. The van der Waals surface area contributed by atoms with Crippen LogP contribution in [0.1, 0.15) is 20.3 Å². The normalized spacial score (nSPS) is 16.6. The van der Waals surface area contributed by atoms with Gasteiger partial charge in [-0.1, -0.05) is 6.92 Å². The molecule has 0 aliphatic rings. The average molecular weight is 241 g/mol. The van der Waals surface area contributed by atoms with Gasteiger partial charge in [-0.2, -0.15) is 11.8 Å². The predicted molar refractivity (Wildman–Crippen MR) is 61.1 cm³/mol. The van der Waals surface area contributed by atoms with Crippen molar-refractivity contribution in [2.45, 2.75) is 31.6 Å². The molecule has 0 saturated heterocycles. The molecule has 0 heterocycles. The van der Waals surface area contributed by atoms with Crippen LogP contribution in [0, 0.1) is 0 Å². The van der Waals surface area contributed by atoms with Gasteiger partial charge in [0.05, 0.1) is 11.9 Å². The lowest BCUT2D eigenvalue weighted by Gasteiger charge is -2.18. The number of thioether (sulfide) groups is 1. The van der Waals surface area contributed by atoms with Crippen molar-refractivity contribution in [3.05, 3.63) is 0 Å². The molecule has 0 fully saturated rings. The van der Waals surface area contributed by atoms with E-state index in [-0.39, 0.29) is 12.6 Å². The Kier molecular flexibility index (Phi) is 6.76. The summed E-state index contributed by atoms with van der Waals surface area (Å²) in [6.07, 6.45) is 2.70. The maximum absolute atomic E-state index is 11.5. The smallest absolute Gasteiger partial charge is 0.216 e. The fourth-order valence-electron chi connectivity index (χ4n) is 0.883. The lowest BCUT2D eigenvalue weighted by atomic mass is 10.3. The molecule has 2 N–H and O–H groups in total. The van der Waals surface area contributed by atoms with E-state index < -0.39 is 15.3 Å². The van der Waals surface area contributed by atoms with Gasteiger partial charge in [0, 0.05) is 11.8 Å². The summed E-state index contributed by atoms with van der Waals surface area (Å²) in [5.41, 5.74) is 0. The van der Waals surface area contributed by atoms with E-state index >= 15 is 0 Å². The number of hydrogen-bond acceptors (Lipinski definition) is 4. The Morgan fingerprint density at radius 1 is 1.50 bits per heavy atom. The molecule has 14 heavy (non-hydrogen) atoms. The van der Waals surface area contributed by atoms with E-state index in [0.717, 1.165) is 12.2 Å². The molecule has 0 aromatic carbocycles. The van der Waals surface area contributed by atoms with Crippen LogP contribution in [0.15, 0.2) is 0 Å². The first-order valence-electron chi connectivity index (χ1n) is 4.58. The topological polar surface area (TPSA) is 66.4 Å². The fraction of sp³-hybridized carbons (Fsp3) is 1.00. The van der Waals surface area contributed by atoms with E-state index in [0.29, 0.717) is 0 Å². The molecule has 0 spiro atoms. The summed E-state index contributed by atoms with van der Waals surface area (Å²) in [6.45, 7) is 3.09. The molecule has 0 amide bonds. The van der Waals surface area contributed by atoms with Gasteiger partial charge in [-0.15, -0.1) is 0 Å². The van der Waals surface area contributed by atoms with Gasteiger partial charge in [-0.25, -0.2) is 13.1 Å². The molecular weight excluding hydrogens is 222 g/mol. The molecule has 0 saturated carbocycles. The molecule has 0 bridgehead atoms. The van der Waals surface area contributed by atoms with E-state index in [1.807, 2.05) is 13.2 Å². The van der Waals surface area contributed by atoms with Gasteiger partial charge < -0.3 is 5.11 Å². The maximum atomic E-state index is 11.5. The van der Waals surface area contributed by atoms with Crippen molar-refractivity contribution < 1.29 is 13.5 Å². The summed E-state index contributed by atoms with van der Waals surface area (Å²) in [5.74, 6) is 0.758. The highest BCUT2D eigenvalue weighted by atomic mass is 32.2. The lowest BCUT2D eigenvalue weighted by molar-refractivity contribution is 0.294. The highest BCUT2D eigenvalue weighted by Crippen LogP contribution is 2.05. The number of aliphatic hydroxyl groups excluding tert-OH is 1. The lowest BCUT2D eigenvalue weighted by Crippen LogP contribution is -2.42. The number of sulfonamides is 1. The van der Waals surface area contributed by atoms with Crippen LogP contribution >= 0.6 is 11.8 Å². The molecule has 0 rings (SSSR count). The van der Waals surface area contributed by atoms with Crippen molar-refractivity contribution in [2.24, 2.45) is 0 Å². The van der Waals surface area contributed by atoms with Crippen molar-refractivity contribution in [1.82, 2.24) is 4.72 Å². The van der Waals surface area contributed by atoms with Crippen molar-refractivity contribution in [3.63, 3.8) is 0 Å². The minimum atomic E-state index is -3.36. The van der Waals surface area contributed by atoms with Gasteiger partial charge in [-0.05, 0) is 19.6 Å². The number of hydrogen-bond donors (Lipinski definition) is 2. The van der Waals surface area contributed by atoms with Gasteiger partial charge in [0.15, 0.2) is 0 Å². The highest BCUT2D eigenvalue weighted by molar-refractivity contribution is 7.98. The van der Waals surface area contributed by atoms with Crippen LogP contribution < -0.4 is 4.72 Å². The Bertz CT molecular complexity index is 241.